The molecular weight excluding hydrogens is 204 g/mol. The van der Waals surface area contributed by atoms with Gasteiger partial charge in [-0.25, -0.2) is 0 Å². The molecule has 0 fully saturated rings. The fourth-order valence-corrected chi connectivity index (χ4v) is 1.87. The first-order chi connectivity index (χ1) is 7.65. The Labute approximate surface area is 93.3 Å². The summed E-state index contributed by atoms with van der Waals surface area (Å²) < 4.78 is 5.17. The van der Waals surface area contributed by atoms with Crippen LogP contribution in [0.2, 0.25) is 0 Å². The number of phenols is 1. The molecule has 0 bridgehead atoms. The maximum atomic E-state index is 11.5. The van der Waals surface area contributed by atoms with Gasteiger partial charge in [-0.05, 0) is 12.3 Å². The summed E-state index contributed by atoms with van der Waals surface area (Å²) in [5.74, 6) is 0.373. The van der Waals surface area contributed by atoms with Crippen LogP contribution in [0.3, 0.4) is 0 Å². The van der Waals surface area contributed by atoms with E-state index < -0.39 is 0 Å². The third-order valence-corrected chi connectivity index (χ3v) is 2.56. The molecule has 0 radical (unpaired) electrons. The number of Topliss-reactive ketones (excluding diaryl/α,β-unsaturated/α-hetero) is 1. The average Bonchev–Trinajstić information content (AvgIpc) is 2.27. The second-order valence-electron chi connectivity index (χ2n) is 3.57. The lowest BCUT2D eigenvalue weighted by Crippen LogP contribution is -1.96. The number of ketones is 1. The maximum absolute atomic E-state index is 11.5. The first kappa shape index (κ1) is 10.5. The van der Waals surface area contributed by atoms with E-state index >= 15 is 0 Å². The second-order valence-corrected chi connectivity index (χ2v) is 3.57. The topological polar surface area (TPSA) is 46.5 Å². The standard InChI is InChI=1S/C13H12O3/c1-8(14)13-10-6-4-3-5-9(10)12(16-2)7-11(13)15/h3-7,15H,1-2H3. The van der Waals surface area contributed by atoms with Gasteiger partial charge in [-0.1, -0.05) is 24.3 Å². The molecule has 0 spiro atoms. The van der Waals surface area contributed by atoms with E-state index in [1.165, 1.54) is 20.1 Å². The zero-order chi connectivity index (χ0) is 11.7. The Hall–Kier alpha value is -2.03. The quantitative estimate of drug-likeness (QED) is 0.785. The van der Waals surface area contributed by atoms with Crippen molar-refractivity contribution in [3.8, 4) is 11.5 Å². The molecule has 0 aliphatic rings. The number of aromatic hydroxyl groups is 1. The van der Waals surface area contributed by atoms with Crippen LogP contribution in [-0.2, 0) is 0 Å². The van der Waals surface area contributed by atoms with Crippen LogP contribution >= 0.6 is 0 Å². The number of hydrogen-bond acceptors (Lipinski definition) is 3. The SMILES string of the molecule is COc1cc(O)c(C(C)=O)c2ccccc12. The lowest BCUT2D eigenvalue weighted by atomic mass is 10.00. The second kappa shape index (κ2) is 3.85. The molecule has 0 atom stereocenters. The Kier molecular flexibility index (Phi) is 2.52. The van der Waals surface area contributed by atoms with E-state index in [4.69, 9.17) is 4.74 Å². The number of hydrogen-bond donors (Lipinski definition) is 1. The van der Waals surface area contributed by atoms with E-state index in [1.807, 2.05) is 18.2 Å². The average molecular weight is 216 g/mol. The van der Waals surface area contributed by atoms with Gasteiger partial charge < -0.3 is 9.84 Å². The van der Waals surface area contributed by atoms with Crippen molar-refractivity contribution < 1.29 is 14.6 Å². The summed E-state index contributed by atoms with van der Waals surface area (Å²) in [6.07, 6.45) is 0. The van der Waals surface area contributed by atoms with Crippen molar-refractivity contribution in [2.24, 2.45) is 0 Å². The van der Waals surface area contributed by atoms with Gasteiger partial charge in [0.15, 0.2) is 5.78 Å². The Bertz CT molecular complexity index is 558. The number of phenolic OH excluding ortho intramolecular Hbond substituents is 1. The third kappa shape index (κ3) is 1.50. The van der Waals surface area contributed by atoms with Crippen LogP contribution in [-0.4, -0.2) is 18.0 Å². The zero-order valence-electron chi connectivity index (χ0n) is 9.15. The fourth-order valence-electron chi connectivity index (χ4n) is 1.87. The number of ether oxygens (including phenoxy) is 1. The normalized spacial score (nSPS) is 10.4. The number of rotatable bonds is 2. The lowest BCUT2D eigenvalue weighted by molar-refractivity contribution is 0.101. The minimum atomic E-state index is -0.156. The highest BCUT2D eigenvalue weighted by atomic mass is 16.5. The van der Waals surface area contributed by atoms with E-state index in [-0.39, 0.29) is 11.5 Å². The van der Waals surface area contributed by atoms with Crippen molar-refractivity contribution in [2.75, 3.05) is 7.11 Å². The highest BCUT2D eigenvalue weighted by molar-refractivity contribution is 6.10. The van der Waals surface area contributed by atoms with Crippen LogP contribution in [0.4, 0.5) is 0 Å². The molecule has 0 aliphatic heterocycles. The number of carbonyl (C=O) groups is 1. The predicted octanol–water partition coefficient (Wildman–Crippen LogP) is 2.76. The molecule has 2 rings (SSSR count). The number of methoxy groups -OCH3 is 1. The first-order valence-electron chi connectivity index (χ1n) is 4.94. The molecule has 0 saturated carbocycles. The molecule has 2 aromatic rings. The molecule has 0 saturated heterocycles. The lowest BCUT2D eigenvalue weighted by Gasteiger charge is -2.10. The van der Waals surface area contributed by atoms with Crippen LogP contribution in [0.25, 0.3) is 10.8 Å². The van der Waals surface area contributed by atoms with Gasteiger partial charge >= 0.3 is 0 Å². The molecule has 0 aromatic heterocycles. The zero-order valence-corrected chi connectivity index (χ0v) is 9.15. The van der Waals surface area contributed by atoms with Crippen LogP contribution in [0.1, 0.15) is 17.3 Å². The minimum Gasteiger partial charge on any atom is -0.507 e. The summed E-state index contributed by atoms with van der Waals surface area (Å²) in [7, 11) is 1.54. The van der Waals surface area contributed by atoms with Gasteiger partial charge in [-0.2, -0.15) is 0 Å². The van der Waals surface area contributed by atoms with Crippen molar-refractivity contribution in [1.82, 2.24) is 0 Å². The largest absolute Gasteiger partial charge is 0.507 e. The van der Waals surface area contributed by atoms with Gasteiger partial charge in [0.1, 0.15) is 11.5 Å². The van der Waals surface area contributed by atoms with Gasteiger partial charge in [0.05, 0.1) is 12.7 Å². The van der Waals surface area contributed by atoms with E-state index in [1.54, 1.807) is 6.07 Å². The van der Waals surface area contributed by atoms with E-state index in [0.717, 1.165) is 5.39 Å². The third-order valence-electron chi connectivity index (χ3n) is 2.56. The molecule has 1 N–H and O–H groups in total. The van der Waals surface area contributed by atoms with E-state index in [9.17, 15) is 9.90 Å². The van der Waals surface area contributed by atoms with Gasteiger partial charge in [-0.3, -0.25) is 4.79 Å². The molecule has 2 aromatic carbocycles. The summed E-state index contributed by atoms with van der Waals surface area (Å²) >= 11 is 0. The smallest absolute Gasteiger partial charge is 0.164 e. The van der Waals surface area contributed by atoms with Crippen LogP contribution in [0.15, 0.2) is 30.3 Å². The molecular formula is C13H12O3. The maximum Gasteiger partial charge on any atom is 0.164 e. The van der Waals surface area contributed by atoms with Crippen molar-refractivity contribution in [3.05, 3.63) is 35.9 Å². The van der Waals surface area contributed by atoms with Crippen molar-refractivity contribution in [1.29, 1.82) is 0 Å². The Morgan fingerprint density at radius 1 is 1.25 bits per heavy atom. The van der Waals surface area contributed by atoms with Gasteiger partial charge in [0, 0.05) is 11.5 Å². The van der Waals surface area contributed by atoms with Crippen molar-refractivity contribution >= 4 is 16.6 Å². The molecule has 16 heavy (non-hydrogen) atoms. The number of carbonyl (C=O) groups excluding carboxylic acids is 1. The number of benzene rings is 2. The number of fused-ring (bicyclic) bond motifs is 1. The minimum absolute atomic E-state index is 0.0388. The molecule has 0 amide bonds. The van der Waals surface area contributed by atoms with Crippen LogP contribution < -0.4 is 4.74 Å². The highest BCUT2D eigenvalue weighted by Crippen LogP contribution is 2.35. The van der Waals surface area contributed by atoms with Crippen LogP contribution in [0.5, 0.6) is 11.5 Å². The Morgan fingerprint density at radius 3 is 2.44 bits per heavy atom. The summed E-state index contributed by atoms with van der Waals surface area (Å²) in [5.41, 5.74) is 0.344. The Balaban J connectivity index is 2.92. The summed E-state index contributed by atoms with van der Waals surface area (Å²) in [6.45, 7) is 1.44. The molecule has 3 nitrogen and oxygen atoms in total. The van der Waals surface area contributed by atoms with Gasteiger partial charge in [0.25, 0.3) is 0 Å². The van der Waals surface area contributed by atoms with Crippen molar-refractivity contribution in [2.45, 2.75) is 6.92 Å². The molecule has 82 valence electrons. The molecule has 0 heterocycles. The molecule has 3 heteroatoms. The van der Waals surface area contributed by atoms with Gasteiger partial charge in [-0.15, -0.1) is 0 Å². The van der Waals surface area contributed by atoms with E-state index in [2.05, 4.69) is 0 Å². The van der Waals surface area contributed by atoms with Crippen LogP contribution in [0, 0.1) is 0 Å². The van der Waals surface area contributed by atoms with Gasteiger partial charge in [0.2, 0.25) is 0 Å². The first-order valence-corrected chi connectivity index (χ1v) is 4.94. The summed E-state index contributed by atoms with van der Waals surface area (Å²) in [6, 6.07) is 8.83. The summed E-state index contributed by atoms with van der Waals surface area (Å²) in [4.78, 5) is 11.5. The monoisotopic (exact) mass is 216 g/mol. The summed E-state index contributed by atoms with van der Waals surface area (Å²) in [5, 5.41) is 11.3. The highest BCUT2D eigenvalue weighted by Gasteiger charge is 2.14. The predicted molar refractivity (Wildman–Crippen MR) is 62.2 cm³/mol. The molecule has 0 unspecified atom stereocenters. The Morgan fingerprint density at radius 2 is 1.88 bits per heavy atom. The molecule has 0 aliphatic carbocycles. The fraction of sp³-hybridized carbons (Fsp3) is 0.154. The van der Waals surface area contributed by atoms with E-state index in [0.29, 0.717) is 16.7 Å². The van der Waals surface area contributed by atoms with Crippen molar-refractivity contribution in [3.63, 3.8) is 0 Å².